The van der Waals surface area contributed by atoms with Gasteiger partial charge in [0, 0.05) is 38.8 Å². The maximum Gasteiger partial charge on any atom is 0.123 e. The predicted octanol–water partition coefficient (Wildman–Crippen LogP) is 1.86. The van der Waals surface area contributed by atoms with Gasteiger partial charge in [0.05, 0.1) is 13.2 Å². The van der Waals surface area contributed by atoms with E-state index in [1.54, 1.807) is 12.1 Å². The SMILES string of the molecule is Fc1ccc(/C=C/CN2CC(N3CCOCC3)C2)cc1. The lowest BCUT2D eigenvalue weighted by molar-refractivity contribution is -0.0286. The van der Waals surface area contributed by atoms with Crippen molar-refractivity contribution >= 4 is 6.08 Å². The van der Waals surface area contributed by atoms with Gasteiger partial charge in [-0.25, -0.2) is 4.39 Å². The molecule has 2 saturated heterocycles. The van der Waals surface area contributed by atoms with Crippen LogP contribution in [-0.4, -0.2) is 61.8 Å². The summed E-state index contributed by atoms with van der Waals surface area (Å²) in [5.74, 6) is -0.182. The maximum atomic E-state index is 12.8. The number of halogens is 1. The van der Waals surface area contributed by atoms with E-state index in [2.05, 4.69) is 22.0 Å². The van der Waals surface area contributed by atoms with E-state index in [-0.39, 0.29) is 5.82 Å². The number of ether oxygens (including phenoxy) is 1. The van der Waals surface area contributed by atoms with Gasteiger partial charge in [-0.1, -0.05) is 24.3 Å². The molecular weight excluding hydrogens is 255 g/mol. The quantitative estimate of drug-likeness (QED) is 0.835. The molecule has 2 heterocycles. The summed E-state index contributed by atoms with van der Waals surface area (Å²) in [4.78, 5) is 4.96. The van der Waals surface area contributed by atoms with Crippen molar-refractivity contribution in [2.75, 3.05) is 45.9 Å². The summed E-state index contributed by atoms with van der Waals surface area (Å²) in [6.07, 6.45) is 4.21. The Kier molecular flexibility index (Phi) is 4.45. The van der Waals surface area contributed by atoms with Crippen LogP contribution in [0.5, 0.6) is 0 Å². The second-order valence-corrected chi connectivity index (χ2v) is 5.47. The molecule has 0 saturated carbocycles. The van der Waals surface area contributed by atoms with Gasteiger partial charge in [0.25, 0.3) is 0 Å². The molecule has 0 amide bonds. The van der Waals surface area contributed by atoms with E-state index < -0.39 is 0 Å². The van der Waals surface area contributed by atoms with Crippen LogP contribution in [0.3, 0.4) is 0 Å². The second kappa shape index (κ2) is 6.48. The third-order valence-corrected chi connectivity index (χ3v) is 4.04. The number of hydrogen-bond acceptors (Lipinski definition) is 3. The highest BCUT2D eigenvalue weighted by Crippen LogP contribution is 2.16. The van der Waals surface area contributed by atoms with E-state index in [9.17, 15) is 4.39 Å². The molecule has 4 heteroatoms. The van der Waals surface area contributed by atoms with Gasteiger partial charge in [0.15, 0.2) is 0 Å². The third kappa shape index (κ3) is 3.45. The van der Waals surface area contributed by atoms with Gasteiger partial charge >= 0.3 is 0 Å². The van der Waals surface area contributed by atoms with Crippen LogP contribution in [-0.2, 0) is 4.74 Å². The fourth-order valence-electron chi connectivity index (χ4n) is 2.78. The Balaban J connectivity index is 1.39. The van der Waals surface area contributed by atoms with E-state index in [4.69, 9.17) is 4.74 Å². The normalized spacial score (nSPS) is 22.2. The summed E-state index contributed by atoms with van der Waals surface area (Å²) in [5.41, 5.74) is 1.05. The highest BCUT2D eigenvalue weighted by atomic mass is 19.1. The molecule has 0 bridgehead atoms. The van der Waals surface area contributed by atoms with Gasteiger partial charge in [-0.3, -0.25) is 9.80 Å². The summed E-state index contributed by atoms with van der Waals surface area (Å²) in [6, 6.07) is 7.31. The van der Waals surface area contributed by atoms with Crippen LogP contribution in [0.15, 0.2) is 30.3 Å². The first-order valence-corrected chi connectivity index (χ1v) is 7.27. The van der Waals surface area contributed by atoms with Gasteiger partial charge in [-0.15, -0.1) is 0 Å². The summed E-state index contributed by atoms with van der Waals surface area (Å²) < 4.78 is 18.1. The molecule has 2 fully saturated rings. The molecule has 0 spiro atoms. The Morgan fingerprint density at radius 2 is 1.85 bits per heavy atom. The number of benzene rings is 1. The first kappa shape index (κ1) is 13.7. The van der Waals surface area contributed by atoms with E-state index in [0.29, 0.717) is 6.04 Å². The Labute approximate surface area is 119 Å². The molecule has 20 heavy (non-hydrogen) atoms. The summed E-state index contributed by atoms with van der Waals surface area (Å²) in [5, 5.41) is 0. The van der Waals surface area contributed by atoms with Crippen molar-refractivity contribution in [3.8, 4) is 0 Å². The molecule has 3 rings (SSSR count). The second-order valence-electron chi connectivity index (χ2n) is 5.47. The van der Waals surface area contributed by atoms with E-state index in [1.165, 1.54) is 12.1 Å². The molecule has 2 aliphatic heterocycles. The van der Waals surface area contributed by atoms with Crippen LogP contribution in [0.4, 0.5) is 4.39 Å². The molecule has 0 aliphatic carbocycles. The first-order chi connectivity index (χ1) is 9.81. The molecule has 0 N–H and O–H groups in total. The molecule has 1 aromatic carbocycles. The number of nitrogens with zero attached hydrogens (tertiary/aromatic N) is 2. The molecule has 108 valence electrons. The molecule has 1 aromatic rings. The standard InChI is InChI=1S/C16H21FN2O/c17-15-5-3-14(4-6-15)2-1-7-18-12-16(13-18)19-8-10-20-11-9-19/h1-6,16H,7-13H2/b2-1+. The van der Waals surface area contributed by atoms with Gasteiger partial charge < -0.3 is 4.74 Å². The minimum atomic E-state index is -0.182. The Morgan fingerprint density at radius 1 is 1.15 bits per heavy atom. The fraction of sp³-hybridized carbons (Fsp3) is 0.500. The number of hydrogen-bond donors (Lipinski definition) is 0. The van der Waals surface area contributed by atoms with Crippen molar-refractivity contribution in [1.29, 1.82) is 0 Å². The predicted molar refractivity (Wildman–Crippen MR) is 78.1 cm³/mol. The molecule has 0 atom stereocenters. The van der Waals surface area contributed by atoms with E-state index >= 15 is 0 Å². The van der Waals surface area contributed by atoms with E-state index in [0.717, 1.165) is 51.5 Å². The lowest BCUT2D eigenvalue weighted by Gasteiger charge is -2.46. The molecule has 0 unspecified atom stereocenters. The molecule has 0 aromatic heterocycles. The summed E-state index contributed by atoms with van der Waals surface area (Å²) in [6.45, 7) is 7.16. The number of rotatable bonds is 4. The highest BCUT2D eigenvalue weighted by Gasteiger charge is 2.31. The Morgan fingerprint density at radius 3 is 2.55 bits per heavy atom. The van der Waals surface area contributed by atoms with Crippen LogP contribution in [0.25, 0.3) is 6.08 Å². The minimum Gasteiger partial charge on any atom is -0.379 e. The van der Waals surface area contributed by atoms with Crippen LogP contribution in [0.1, 0.15) is 5.56 Å². The fourth-order valence-corrected chi connectivity index (χ4v) is 2.78. The molecule has 2 aliphatic rings. The van der Waals surface area contributed by atoms with Crippen molar-refractivity contribution in [1.82, 2.24) is 9.80 Å². The van der Waals surface area contributed by atoms with E-state index in [1.807, 2.05) is 0 Å². The lowest BCUT2D eigenvalue weighted by atomic mass is 10.1. The largest absolute Gasteiger partial charge is 0.379 e. The number of likely N-dealkylation sites (tertiary alicyclic amines) is 1. The van der Waals surface area contributed by atoms with Crippen molar-refractivity contribution in [2.24, 2.45) is 0 Å². The topological polar surface area (TPSA) is 15.7 Å². The Bertz CT molecular complexity index is 448. The molecule has 3 nitrogen and oxygen atoms in total. The average molecular weight is 276 g/mol. The molecular formula is C16H21FN2O. The van der Waals surface area contributed by atoms with Crippen LogP contribution < -0.4 is 0 Å². The monoisotopic (exact) mass is 276 g/mol. The number of morpholine rings is 1. The van der Waals surface area contributed by atoms with Crippen LogP contribution in [0.2, 0.25) is 0 Å². The minimum absolute atomic E-state index is 0.182. The summed E-state index contributed by atoms with van der Waals surface area (Å²) >= 11 is 0. The molecule has 0 radical (unpaired) electrons. The zero-order valence-corrected chi connectivity index (χ0v) is 11.7. The summed E-state index contributed by atoms with van der Waals surface area (Å²) in [7, 11) is 0. The van der Waals surface area contributed by atoms with Crippen molar-refractivity contribution in [2.45, 2.75) is 6.04 Å². The van der Waals surface area contributed by atoms with Gasteiger partial charge in [-0.2, -0.15) is 0 Å². The first-order valence-electron chi connectivity index (χ1n) is 7.27. The van der Waals surface area contributed by atoms with Gasteiger partial charge in [-0.05, 0) is 17.7 Å². The smallest absolute Gasteiger partial charge is 0.123 e. The third-order valence-electron chi connectivity index (χ3n) is 4.04. The Hall–Kier alpha value is -1.23. The average Bonchev–Trinajstić information content (AvgIpc) is 2.44. The van der Waals surface area contributed by atoms with Crippen LogP contribution >= 0.6 is 0 Å². The van der Waals surface area contributed by atoms with Gasteiger partial charge in [0.2, 0.25) is 0 Å². The highest BCUT2D eigenvalue weighted by molar-refractivity contribution is 5.48. The van der Waals surface area contributed by atoms with Crippen LogP contribution in [0, 0.1) is 5.82 Å². The lowest BCUT2D eigenvalue weighted by Crippen LogP contribution is -2.61. The van der Waals surface area contributed by atoms with Crippen molar-refractivity contribution in [3.05, 3.63) is 41.7 Å². The van der Waals surface area contributed by atoms with Gasteiger partial charge in [0.1, 0.15) is 5.82 Å². The maximum absolute atomic E-state index is 12.8. The van der Waals surface area contributed by atoms with Crippen molar-refractivity contribution < 1.29 is 9.13 Å². The zero-order valence-electron chi connectivity index (χ0n) is 11.7. The zero-order chi connectivity index (χ0) is 13.8. The van der Waals surface area contributed by atoms with Crippen molar-refractivity contribution in [3.63, 3.8) is 0 Å².